The van der Waals surface area contributed by atoms with Crippen LogP contribution in [0.15, 0.2) is 66.7 Å². The Morgan fingerprint density at radius 2 is 1.56 bits per heavy atom. The van der Waals surface area contributed by atoms with Crippen molar-refractivity contribution >= 4 is 5.97 Å². The molecule has 0 N–H and O–H groups in total. The molecule has 0 aliphatic carbocycles. The van der Waals surface area contributed by atoms with Crippen LogP contribution in [0.5, 0.6) is 5.75 Å². The van der Waals surface area contributed by atoms with E-state index >= 15 is 0 Å². The smallest absolute Gasteiger partial charge is 0.343 e. The first-order chi connectivity index (χ1) is 15.5. The number of ether oxygens (including phenoxy) is 1. The number of nitrogens with zero attached hydrogens (tertiary/aromatic N) is 1. The Hall–Kier alpha value is -3.38. The van der Waals surface area contributed by atoms with Crippen LogP contribution in [0.1, 0.15) is 67.1 Å². The standard InChI is InChI=1S/C29H31NO2/c1-4-6-7-22-10-17-28(27(19-22)20-30)32-29(31)26-15-13-25(14-16-26)24-11-8-23(9-12-24)18-21(3)5-2/h8-17,19,21H,4-7,18H2,1-3H3. The number of nitriles is 1. The molecule has 164 valence electrons. The summed E-state index contributed by atoms with van der Waals surface area (Å²) in [5.41, 5.74) is 5.45. The third-order valence-corrected chi connectivity index (χ3v) is 5.88. The molecule has 0 amide bonds. The molecule has 3 rings (SSSR count). The van der Waals surface area contributed by atoms with E-state index in [1.54, 1.807) is 18.2 Å². The fourth-order valence-corrected chi connectivity index (χ4v) is 3.63. The molecule has 3 nitrogen and oxygen atoms in total. The van der Waals surface area contributed by atoms with Gasteiger partial charge in [-0.1, -0.05) is 76.1 Å². The van der Waals surface area contributed by atoms with Crippen LogP contribution in [0.3, 0.4) is 0 Å². The van der Waals surface area contributed by atoms with Crippen molar-refractivity contribution in [3.8, 4) is 22.9 Å². The molecule has 0 saturated carbocycles. The lowest BCUT2D eigenvalue weighted by Gasteiger charge is -2.10. The van der Waals surface area contributed by atoms with Gasteiger partial charge < -0.3 is 4.74 Å². The van der Waals surface area contributed by atoms with Gasteiger partial charge in [-0.3, -0.25) is 0 Å². The summed E-state index contributed by atoms with van der Waals surface area (Å²) < 4.78 is 5.53. The van der Waals surface area contributed by atoms with E-state index in [0.29, 0.717) is 22.8 Å². The monoisotopic (exact) mass is 425 g/mol. The zero-order valence-electron chi connectivity index (χ0n) is 19.2. The molecule has 0 spiro atoms. The molecule has 0 aliphatic rings. The molecule has 1 atom stereocenters. The minimum atomic E-state index is -0.460. The number of carbonyl (C=O) groups excluding carboxylic acids is 1. The molecule has 1 unspecified atom stereocenters. The molecule has 0 saturated heterocycles. The lowest BCUT2D eigenvalue weighted by Crippen LogP contribution is -2.09. The third-order valence-electron chi connectivity index (χ3n) is 5.88. The van der Waals surface area contributed by atoms with E-state index < -0.39 is 5.97 Å². The Labute approximate surface area is 191 Å². The van der Waals surface area contributed by atoms with Crippen molar-refractivity contribution in [1.29, 1.82) is 5.26 Å². The number of rotatable bonds is 9. The van der Waals surface area contributed by atoms with E-state index in [4.69, 9.17) is 4.74 Å². The van der Waals surface area contributed by atoms with Gasteiger partial charge >= 0.3 is 5.97 Å². The second-order valence-electron chi connectivity index (χ2n) is 8.43. The van der Waals surface area contributed by atoms with Gasteiger partial charge in [0.2, 0.25) is 0 Å². The highest BCUT2D eigenvalue weighted by molar-refractivity contribution is 5.92. The average molecular weight is 426 g/mol. The van der Waals surface area contributed by atoms with E-state index in [0.717, 1.165) is 42.4 Å². The normalized spacial score (nSPS) is 11.6. The summed E-state index contributed by atoms with van der Waals surface area (Å²) in [5.74, 6) is 0.525. The molecular formula is C29H31NO2. The van der Waals surface area contributed by atoms with E-state index in [1.165, 1.54) is 12.0 Å². The Bertz CT molecular complexity index is 1080. The summed E-state index contributed by atoms with van der Waals surface area (Å²) in [6.45, 7) is 6.62. The average Bonchev–Trinajstić information content (AvgIpc) is 2.83. The van der Waals surface area contributed by atoms with Crippen molar-refractivity contribution in [1.82, 2.24) is 0 Å². The predicted octanol–water partition coefficient (Wildman–Crippen LogP) is 7.38. The number of carbonyl (C=O) groups is 1. The predicted molar refractivity (Wildman–Crippen MR) is 130 cm³/mol. The minimum absolute atomic E-state index is 0.304. The van der Waals surface area contributed by atoms with Gasteiger partial charge in [-0.25, -0.2) is 4.79 Å². The minimum Gasteiger partial charge on any atom is -0.422 e. The maximum Gasteiger partial charge on any atom is 0.343 e. The number of aryl methyl sites for hydroxylation is 1. The highest BCUT2D eigenvalue weighted by atomic mass is 16.5. The fraction of sp³-hybridized carbons (Fsp3) is 0.310. The molecule has 0 bridgehead atoms. The molecular weight excluding hydrogens is 394 g/mol. The van der Waals surface area contributed by atoms with E-state index in [9.17, 15) is 10.1 Å². The summed E-state index contributed by atoms with van der Waals surface area (Å²) in [6, 6.07) is 23.6. The molecule has 0 aromatic heterocycles. The highest BCUT2D eigenvalue weighted by Gasteiger charge is 2.13. The van der Waals surface area contributed by atoms with Crippen molar-refractivity contribution in [3.63, 3.8) is 0 Å². The van der Waals surface area contributed by atoms with Crippen molar-refractivity contribution < 1.29 is 9.53 Å². The largest absolute Gasteiger partial charge is 0.422 e. The zero-order valence-corrected chi connectivity index (χ0v) is 19.2. The first kappa shape index (κ1) is 23.3. The first-order valence-corrected chi connectivity index (χ1v) is 11.5. The molecule has 0 fully saturated rings. The Kier molecular flexibility index (Phi) is 8.22. The van der Waals surface area contributed by atoms with Crippen molar-refractivity contribution in [2.24, 2.45) is 5.92 Å². The second kappa shape index (κ2) is 11.3. The molecule has 32 heavy (non-hydrogen) atoms. The molecule has 0 heterocycles. The van der Waals surface area contributed by atoms with Gasteiger partial charge in [0, 0.05) is 0 Å². The summed E-state index contributed by atoms with van der Waals surface area (Å²) in [7, 11) is 0. The molecule has 0 radical (unpaired) electrons. The van der Waals surface area contributed by atoms with Crippen LogP contribution < -0.4 is 4.74 Å². The number of benzene rings is 3. The molecule has 3 heteroatoms. The number of unbranched alkanes of at least 4 members (excludes halogenated alkanes) is 1. The Balaban J connectivity index is 1.68. The van der Waals surface area contributed by atoms with E-state index in [-0.39, 0.29) is 0 Å². The lowest BCUT2D eigenvalue weighted by atomic mass is 9.96. The maximum atomic E-state index is 12.6. The quantitative estimate of drug-likeness (QED) is 0.265. The summed E-state index contributed by atoms with van der Waals surface area (Å²) >= 11 is 0. The SMILES string of the molecule is CCCCc1ccc(OC(=O)c2ccc(-c3ccc(CC(C)CC)cc3)cc2)c(C#N)c1. The second-order valence-corrected chi connectivity index (χ2v) is 8.43. The van der Waals surface area contributed by atoms with Crippen LogP contribution >= 0.6 is 0 Å². The van der Waals surface area contributed by atoms with Gasteiger partial charge in [-0.2, -0.15) is 5.26 Å². The number of hydrogen-bond donors (Lipinski definition) is 0. The fourth-order valence-electron chi connectivity index (χ4n) is 3.63. The van der Waals surface area contributed by atoms with Gasteiger partial charge in [-0.05, 0) is 71.7 Å². The number of esters is 1. The van der Waals surface area contributed by atoms with Gasteiger partial charge in [0.1, 0.15) is 11.8 Å². The van der Waals surface area contributed by atoms with Crippen LogP contribution in [0.4, 0.5) is 0 Å². The van der Waals surface area contributed by atoms with Crippen LogP contribution in [-0.4, -0.2) is 5.97 Å². The van der Waals surface area contributed by atoms with Crippen LogP contribution in [0.2, 0.25) is 0 Å². The van der Waals surface area contributed by atoms with Gasteiger partial charge in [0.05, 0.1) is 11.1 Å². The van der Waals surface area contributed by atoms with Gasteiger partial charge in [-0.15, -0.1) is 0 Å². The summed E-state index contributed by atoms with van der Waals surface area (Å²) in [5, 5.41) is 9.45. The summed E-state index contributed by atoms with van der Waals surface area (Å²) in [4.78, 5) is 12.6. The third kappa shape index (κ3) is 6.08. The molecule has 3 aromatic carbocycles. The first-order valence-electron chi connectivity index (χ1n) is 11.5. The van der Waals surface area contributed by atoms with E-state index in [1.807, 2.05) is 24.3 Å². The Morgan fingerprint density at radius 1 is 0.938 bits per heavy atom. The van der Waals surface area contributed by atoms with Crippen LogP contribution in [-0.2, 0) is 12.8 Å². The highest BCUT2D eigenvalue weighted by Crippen LogP contribution is 2.24. The Morgan fingerprint density at radius 3 is 2.16 bits per heavy atom. The summed E-state index contributed by atoms with van der Waals surface area (Å²) in [6.07, 6.45) is 5.34. The van der Waals surface area contributed by atoms with Crippen LogP contribution in [0, 0.1) is 17.2 Å². The van der Waals surface area contributed by atoms with Crippen molar-refractivity contribution in [3.05, 3.63) is 89.0 Å². The number of hydrogen-bond acceptors (Lipinski definition) is 3. The lowest BCUT2D eigenvalue weighted by molar-refractivity contribution is 0.0734. The topological polar surface area (TPSA) is 50.1 Å². The van der Waals surface area contributed by atoms with Crippen molar-refractivity contribution in [2.45, 2.75) is 52.9 Å². The molecule has 3 aromatic rings. The van der Waals surface area contributed by atoms with Gasteiger partial charge in [0.25, 0.3) is 0 Å². The van der Waals surface area contributed by atoms with Crippen LogP contribution in [0.25, 0.3) is 11.1 Å². The molecule has 0 aliphatic heterocycles. The van der Waals surface area contributed by atoms with E-state index in [2.05, 4.69) is 51.1 Å². The zero-order chi connectivity index (χ0) is 22.9. The maximum absolute atomic E-state index is 12.6. The van der Waals surface area contributed by atoms with Gasteiger partial charge in [0.15, 0.2) is 0 Å². The van der Waals surface area contributed by atoms with Crippen molar-refractivity contribution in [2.75, 3.05) is 0 Å².